The van der Waals surface area contributed by atoms with Crippen LogP contribution in [0.15, 0.2) is 65.7 Å². The van der Waals surface area contributed by atoms with Gasteiger partial charge in [0.05, 0.1) is 16.4 Å². The van der Waals surface area contributed by atoms with Gasteiger partial charge in [-0.3, -0.25) is 14.9 Å². The number of aromatic nitrogens is 2. The van der Waals surface area contributed by atoms with Crippen molar-refractivity contribution in [2.75, 3.05) is 5.75 Å². The lowest BCUT2D eigenvalue weighted by atomic mass is 10.1. The molecule has 2 aromatic carbocycles. The van der Waals surface area contributed by atoms with Crippen molar-refractivity contribution in [1.82, 2.24) is 10.2 Å². The van der Waals surface area contributed by atoms with E-state index in [1.54, 1.807) is 24.3 Å². The van der Waals surface area contributed by atoms with E-state index in [2.05, 4.69) is 10.2 Å². The molecule has 0 fully saturated rings. The van der Waals surface area contributed by atoms with Gasteiger partial charge in [0.2, 0.25) is 0 Å². The van der Waals surface area contributed by atoms with Gasteiger partial charge in [0.1, 0.15) is 10.8 Å². The molecule has 0 bridgehead atoms. The average molecular weight is 369 g/mol. The zero-order valence-corrected chi connectivity index (χ0v) is 14.1. The van der Waals surface area contributed by atoms with Crippen molar-refractivity contribution in [2.45, 2.75) is 5.03 Å². The lowest BCUT2D eigenvalue weighted by Crippen LogP contribution is -2.03. The zero-order valence-electron chi connectivity index (χ0n) is 13.3. The molecule has 0 radical (unpaired) electrons. The van der Waals surface area contributed by atoms with E-state index in [-0.39, 0.29) is 23.0 Å². The first-order valence-electron chi connectivity index (χ1n) is 7.53. The molecule has 0 spiro atoms. The van der Waals surface area contributed by atoms with Crippen molar-refractivity contribution in [1.29, 1.82) is 0 Å². The predicted molar refractivity (Wildman–Crippen MR) is 95.6 cm³/mol. The summed E-state index contributed by atoms with van der Waals surface area (Å²) in [6.45, 7) is 0. The number of non-ortho nitro benzene ring substituents is 1. The van der Waals surface area contributed by atoms with Crippen molar-refractivity contribution < 1.29 is 14.1 Å². The van der Waals surface area contributed by atoms with Gasteiger partial charge in [-0.1, -0.05) is 11.8 Å². The SMILES string of the molecule is O=C(CSc1ccc(-c2ccc(F)cc2)nn1)c1ccc([N+](=O)[O-])cc1. The van der Waals surface area contributed by atoms with Gasteiger partial charge in [0, 0.05) is 23.3 Å². The van der Waals surface area contributed by atoms with Crippen LogP contribution in [0.25, 0.3) is 11.3 Å². The Morgan fingerprint density at radius 3 is 2.27 bits per heavy atom. The first-order valence-corrected chi connectivity index (χ1v) is 8.51. The number of halogens is 1. The molecule has 3 aromatic rings. The van der Waals surface area contributed by atoms with E-state index in [1.165, 1.54) is 48.2 Å². The number of nitrogens with zero attached hydrogens (tertiary/aromatic N) is 3. The molecule has 0 amide bonds. The first kappa shape index (κ1) is 17.7. The van der Waals surface area contributed by atoms with Crippen LogP contribution in [0.4, 0.5) is 10.1 Å². The summed E-state index contributed by atoms with van der Waals surface area (Å²) in [5, 5.41) is 19.3. The summed E-state index contributed by atoms with van der Waals surface area (Å²) in [5.74, 6) is -0.337. The molecule has 0 aliphatic rings. The molecule has 0 N–H and O–H groups in total. The van der Waals surface area contributed by atoms with E-state index in [0.29, 0.717) is 16.3 Å². The predicted octanol–water partition coefficient (Wildman–Crippen LogP) is 4.17. The van der Waals surface area contributed by atoms with Crippen LogP contribution < -0.4 is 0 Å². The number of thioether (sulfide) groups is 1. The molecule has 3 rings (SSSR count). The van der Waals surface area contributed by atoms with Crippen LogP contribution in [-0.2, 0) is 0 Å². The first-order chi connectivity index (χ1) is 12.5. The summed E-state index contributed by atoms with van der Waals surface area (Å²) in [6, 6.07) is 14.9. The number of nitro groups is 1. The molecule has 0 aliphatic carbocycles. The maximum absolute atomic E-state index is 12.9. The van der Waals surface area contributed by atoms with E-state index < -0.39 is 4.92 Å². The molecule has 1 heterocycles. The number of carbonyl (C=O) groups is 1. The monoisotopic (exact) mass is 369 g/mol. The second-order valence-electron chi connectivity index (χ2n) is 5.28. The summed E-state index contributed by atoms with van der Waals surface area (Å²) < 4.78 is 12.9. The maximum atomic E-state index is 12.9. The maximum Gasteiger partial charge on any atom is 0.269 e. The molecule has 1 aromatic heterocycles. The lowest BCUT2D eigenvalue weighted by Gasteiger charge is -2.03. The van der Waals surface area contributed by atoms with Crippen LogP contribution in [0.5, 0.6) is 0 Å². The molecule has 0 atom stereocenters. The number of ketones is 1. The third kappa shape index (κ3) is 4.28. The summed E-state index contributed by atoms with van der Waals surface area (Å²) >= 11 is 1.22. The highest BCUT2D eigenvalue weighted by Crippen LogP contribution is 2.21. The minimum absolute atomic E-state index is 0.0588. The van der Waals surface area contributed by atoms with Gasteiger partial charge >= 0.3 is 0 Å². The third-order valence-electron chi connectivity index (χ3n) is 3.53. The number of carbonyl (C=O) groups excluding carboxylic acids is 1. The fourth-order valence-electron chi connectivity index (χ4n) is 2.16. The largest absolute Gasteiger partial charge is 0.293 e. The van der Waals surface area contributed by atoms with E-state index in [4.69, 9.17) is 0 Å². The van der Waals surface area contributed by atoms with E-state index in [1.807, 2.05) is 0 Å². The number of hydrogen-bond acceptors (Lipinski definition) is 6. The molecular formula is C18H12FN3O3S. The Labute approximate surface area is 152 Å². The normalized spacial score (nSPS) is 10.5. The van der Waals surface area contributed by atoms with Gasteiger partial charge in [-0.2, -0.15) is 0 Å². The highest BCUT2D eigenvalue weighted by atomic mass is 32.2. The molecule has 8 heteroatoms. The second kappa shape index (κ2) is 7.83. The summed E-state index contributed by atoms with van der Waals surface area (Å²) in [4.78, 5) is 22.3. The summed E-state index contributed by atoms with van der Waals surface area (Å²) in [6.07, 6.45) is 0. The van der Waals surface area contributed by atoms with Crippen molar-refractivity contribution in [2.24, 2.45) is 0 Å². The van der Waals surface area contributed by atoms with Crippen molar-refractivity contribution in [3.8, 4) is 11.3 Å². The topological polar surface area (TPSA) is 86.0 Å². The fraction of sp³-hybridized carbons (Fsp3) is 0.0556. The van der Waals surface area contributed by atoms with Gasteiger partial charge in [-0.25, -0.2) is 4.39 Å². The Morgan fingerprint density at radius 2 is 1.69 bits per heavy atom. The van der Waals surface area contributed by atoms with Gasteiger partial charge in [0.25, 0.3) is 5.69 Å². The van der Waals surface area contributed by atoms with Crippen LogP contribution in [0.3, 0.4) is 0 Å². The zero-order chi connectivity index (χ0) is 18.5. The van der Waals surface area contributed by atoms with E-state index in [9.17, 15) is 19.3 Å². The summed E-state index contributed by atoms with van der Waals surface area (Å²) in [5.41, 5.74) is 1.70. The smallest absolute Gasteiger partial charge is 0.269 e. The highest BCUT2D eigenvalue weighted by molar-refractivity contribution is 7.99. The van der Waals surface area contributed by atoms with E-state index in [0.717, 1.165) is 5.56 Å². The van der Waals surface area contributed by atoms with Crippen LogP contribution in [0, 0.1) is 15.9 Å². The van der Waals surface area contributed by atoms with Crippen molar-refractivity contribution in [3.05, 3.63) is 82.2 Å². The van der Waals surface area contributed by atoms with Gasteiger partial charge < -0.3 is 0 Å². The second-order valence-corrected chi connectivity index (χ2v) is 6.28. The number of benzene rings is 2. The molecular weight excluding hydrogens is 357 g/mol. The third-order valence-corrected chi connectivity index (χ3v) is 4.45. The van der Waals surface area contributed by atoms with Gasteiger partial charge in [-0.05, 0) is 48.5 Å². The van der Waals surface area contributed by atoms with Gasteiger partial charge in [-0.15, -0.1) is 10.2 Å². The average Bonchev–Trinajstić information content (AvgIpc) is 2.67. The highest BCUT2D eigenvalue weighted by Gasteiger charge is 2.11. The molecule has 0 saturated heterocycles. The molecule has 0 aliphatic heterocycles. The standard InChI is InChI=1S/C18H12FN3O3S/c19-14-5-1-12(2-6-14)16-9-10-18(21-20-16)26-11-17(23)13-3-7-15(8-4-13)22(24)25/h1-10H,11H2. The Balaban J connectivity index is 1.61. The Kier molecular flexibility index (Phi) is 5.33. The number of rotatable bonds is 6. The quantitative estimate of drug-likeness (QED) is 0.281. The van der Waals surface area contributed by atoms with Crippen LogP contribution in [0.2, 0.25) is 0 Å². The Morgan fingerprint density at radius 1 is 1.00 bits per heavy atom. The summed E-state index contributed by atoms with van der Waals surface area (Å²) in [7, 11) is 0. The Bertz CT molecular complexity index is 929. The van der Waals surface area contributed by atoms with Gasteiger partial charge in [0.15, 0.2) is 5.78 Å². The van der Waals surface area contributed by atoms with Crippen LogP contribution in [-0.4, -0.2) is 26.7 Å². The van der Waals surface area contributed by atoms with Crippen molar-refractivity contribution >= 4 is 23.2 Å². The minimum atomic E-state index is -0.513. The molecule has 26 heavy (non-hydrogen) atoms. The molecule has 130 valence electrons. The molecule has 0 saturated carbocycles. The lowest BCUT2D eigenvalue weighted by molar-refractivity contribution is -0.384. The van der Waals surface area contributed by atoms with Crippen LogP contribution >= 0.6 is 11.8 Å². The fourth-order valence-corrected chi connectivity index (χ4v) is 2.87. The number of nitro benzene ring substituents is 1. The van der Waals surface area contributed by atoms with Crippen molar-refractivity contribution in [3.63, 3.8) is 0 Å². The minimum Gasteiger partial charge on any atom is -0.293 e. The Hall–Kier alpha value is -3.13. The molecule has 6 nitrogen and oxygen atoms in total. The number of Topliss-reactive ketones (excluding diaryl/α,β-unsaturated/α-hetero) is 1. The molecule has 0 unspecified atom stereocenters. The van der Waals surface area contributed by atoms with E-state index >= 15 is 0 Å². The number of hydrogen-bond donors (Lipinski definition) is 0. The van der Waals surface area contributed by atoms with Crippen LogP contribution in [0.1, 0.15) is 10.4 Å².